The van der Waals surface area contributed by atoms with Crippen LogP contribution >= 0.6 is 0 Å². The lowest BCUT2D eigenvalue weighted by Gasteiger charge is -2.06. The first-order valence-corrected chi connectivity index (χ1v) is 6.99. The van der Waals surface area contributed by atoms with Crippen LogP contribution in [-0.4, -0.2) is 23.0 Å². The van der Waals surface area contributed by atoms with Crippen LogP contribution in [0.1, 0.15) is 5.56 Å². The maximum Gasteiger partial charge on any atom is 0.269 e. The molecule has 8 heteroatoms. The average Bonchev–Trinajstić information content (AvgIpc) is 2.61. The first-order chi connectivity index (χ1) is 11.9. The highest BCUT2D eigenvalue weighted by molar-refractivity contribution is 6.09. The number of rotatable bonds is 5. The number of aromatic hydroxyl groups is 1. The molecule has 0 aliphatic rings. The van der Waals surface area contributed by atoms with Crippen LogP contribution in [0.4, 0.5) is 11.4 Å². The molecule has 0 saturated heterocycles. The Morgan fingerprint density at radius 1 is 1.32 bits per heavy atom. The van der Waals surface area contributed by atoms with Crippen molar-refractivity contribution in [2.45, 2.75) is 0 Å². The van der Waals surface area contributed by atoms with Gasteiger partial charge >= 0.3 is 0 Å². The molecule has 0 aromatic heterocycles. The molecule has 0 radical (unpaired) electrons. The number of nitro benzene ring substituents is 1. The highest BCUT2D eigenvalue weighted by atomic mass is 16.6. The fourth-order valence-corrected chi connectivity index (χ4v) is 1.96. The van der Waals surface area contributed by atoms with Crippen LogP contribution in [0.15, 0.2) is 48.0 Å². The molecule has 0 fully saturated rings. The Labute approximate surface area is 142 Å². The van der Waals surface area contributed by atoms with Crippen LogP contribution in [0.3, 0.4) is 0 Å². The molecule has 2 aromatic rings. The molecule has 0 saturated carbocycles. The van der Waals surface area contributed by atoms with Gasteiger partial charge in [-0.05, 0) is 35.9 Å². The summed E-state index contributed by atoms with van der Waals surface area (Å²) in [5, 5.41) is 31.8. The van der Waals surface area contributed by atoms with E-state index in [1.165, 1.54) is 55.7 Å². The number of non-ortho nitro benzene ring substituents is 1. The van der Waals surface area contributed by atoms with E-state index in [9.17, 15) is 25.3 Å². The van der Waals surface area contributed by atoms with Crippen molar-refractivity contribution in [1.29, 1.82) is 5.26 Å². The van der Waals surface area contributed by atoms with Crippen LogP contribution in [0.2, 0.25) is 0 Å². The number of amides is 1. The van der Waals surface area contributed by atoms with Crippen molar-refractivity contribution in [2.24, 2.45) is 0 Å². The molecule has 8 nitrogen and oxygen atoms in total. The molecular weight excluding hydrogens is 326 g/mol. The summed E-state index contributed by atoms with van der Waals surface area (Å²) in [6, 6.07) is 11.4. The molecule has 25 heavy (non-hydrogen) atoms. The van der Waals surface area contributed by atoms with Gasteiger partial charge in [-0.15, -0.1) is 0 Å². The van der Waals surface area contributed by atoms with Crippen LogP contribution < -0.4 is 10.1 Å². The number of benzene rings is 2. The topological polar surface area (TPSA) is 125 Å². The first kappa shape index (κ1) is 17.5. The summed E-state index contributed by atoms with van der Waals surface area (Å²) < 4.78 is 4.97. The lowest BCUT2D eigenvalue weighted by atomic mass is 10.1. The Morgan fingerprint density at radius 2 is 2.00 bits per heavy atom. The van der Waals surface area contributed by atoms with E-state index >= 15 is 0 Å². The van der Waals surface area contributed by atoms with E-state index in [-0.39, 0.29) is 22.8 Å². The number of hydrogen-bond acceptors (Lipinski definition) is 6. The highest BCUT2D eigenvalue weighted by Gasteiger charge is 2.12. The summed E-state index contributed by atoms with van der Waals surface area (Å²) in [6.45, 7) is 0. The molecule has 1 amide bonds. The summed E-state index contributed by atoms with van der Waals surface area (Å²) in [6.07, 6.45) is 1.34. The van der Waals surface area contributed by atoms with Crippen molar-refractivity contribution in [3.8, 4) is 17.6 Å². The van der Waals surface area contributed by atoms with Gasteiger partial charge in [0.25, 0.3) is 11.6 Å². The molecule has 2 rings (SSSR count). The van der Waals surface area contributed by atoms with Gasteiger partial charge in [0.2, 0.25) is 0 Å². The number of anilines is 1. The quantitative estimate of drug-likeness (QED) is 0.373. The summed E-state index contributed by atoms with van der Waals surface area (Å²) in [5.41, 5.74) is 0.529. The van der Waals surface area contributed by atoms with Crippen molar-refractivity contribution >= 4 is 23.4 Å². The maximum atomic E-state index is 12.2. The highest BCUT2D eigenvalue weighted by Crippen LogP contribution is 2.27. The summed E-state index contributed by atoms with van der Waals surface area (Å²) >= 11 is 0. The lowest BCUT2D eigenvalue weighted by Crippen LogP contribution is -2.13. The number of nitrogens with zero attached hydrogens (tertiary/aromatic N) is 2. The number of hydrogen-bond donors (Lipinski definition) is 2. The Morgan fingerprint density at radius 3 is 2.56 bits per heavy atom. The van der Waals surface area contributed by atoms with Gasteiger partial charge in [0.1, 0.15) is 11.6 Å². The number of ether oxygens (including phenoxy) is 1. The Kier molecular flexibility index (Phi) is 5.32. The van der Waals surface area contributed by atoms with E-state index in [1.54, 1.807) is 6.07 Å². The standard InChI is InChI=1S/C17H13N3O5/c1-25-16-9-11(2-7-15(16)21)8-12(10-18)17(22)19-13-3-5-14(6-4-13)20(23)24/h2-9,21H,1H3,(H,19,22). The predicted octanol–water partition coefficient (Wildman–Crippen LogP) is 2.85. The largest absolute Gasteiger partial charge is 0.504 e. The number of nitro groups is 1. The minimum absolute atomic E-state index is 0.0616. The zero-order chi connectivity index (χ0) is 18.4. The minimum atomic E-state index is -0.664. The third-order valence-electron chi connectivity index (χ3n) is 3.22. The maximum absolute atomic E-state index is 12.2. The zero-order valence-corrected chi connectivity index (χ0v) is 13.1. The average molecular weight is 339 g/mol. The number of phenols is 1. The monoisotopic (exact) mass is 339 g/mol. The van der Waals surface area contributed by atoms with Gasteiger partial charge in [-0.25, -0.2) is 0 Å². The van der Waals surface area contributed by atoms with E-state index in [0.717, 1.165) is 0 Å². The molecule has 0 aliphatic carbocycles. The predicted molar refractivity (Wildman–Crippen MR) is 90.0 cm³/mol. The van der Waals surface area contributed by atoms with Crippen molar-refractivity contribution in [3.05, 3.63) is 63.7 Å². The summed E-state index contributed by atoms with van der Waals surface area (Å²) in [5.74, 6) is -0.515. The Bertz CT molecular complexity index is 882. The SMILES string of the molecule is COc1cc(C=C(C#N)C(=O)Nc2ccc([N+](=O)[O-])cc2)ccc1O. The van der Waals surface area contributed by atoms with Gasteiger partial charge in [0, 0.05) is 17.8 Å². The molecule has 2 N–H and O–H groups in total. The number of nitriles is 1. The number of phenolic OH excluding ortho intramolecular Hbond substituents is 1. The molecule has 2 aromatic carbocycles. The third kappa shape index (κ3) is 4.33. The number of carbonyl (C=O) groups excluding carboxylic acids is 1. The van der Waals surface area contributed by atoms with Crippen molar-refractivity contribution < 1.29 is 19.6 Å². The van der Waals surface area contributed by atoms with Crippen molar-refractivity contribution in [3.63, 3.8) is 0 Å². The van der Waals surface area contributed by atoms with Gasteiger partial charge in [0.05, 0.1) is 12.0 Å². The number of nitrogens with one attached hydrogen (secondary N) is 1. The van der Waals surface area contributed by atoms with Gasteiger partial charge in [0.15, 0.2) is 11.5 Å². The van der Waals surface area contributed by atoms with E-state index in [0.29, 0.717) is 11.3 Å². The van der Waals surface area contributed by atoms with E-state index < -0.39 is 10.8 Å². The Hall–Kier alpha value is -3.86. The number of carbonyl (C=O) groups is 1. The van der Waals surface area contributed by atoms with Crippen LogP contribution in [0, 0.1) is 21.4 Å². The smallest absolute Gasteiger partial charge is 0.269 e. The molecule has 0 spiro atoms. The summed E-state index contributed by atoms with van der Waals surface area (Å²) in [7, 11) is 1.38. The normalized spacial score (nSPS) is 10.6. The van der Waals surface area contributed by atoms with E-state index in [2.05, 4.69) is 5.32 Å². The number of methoxy groups -OCH3 is 1. The first-order valence-electron chi connectivity index (χ1n) is 6.99. The second-order valence-corrected chi connectivity index (χ2v) is 4.86. The molecular formula is C17H13N3O5. The van der Waals surface area contributed by atoms with Crippen LogP contribution in [-0.2, 0) is 4.79 Å². The second-order valence-electron chi connectivity index (χ2n) is 4.86. The molecule has 0 heterocycles. The Balaban J connectivity index is 2.20. The fraction of sp³-hybridized carbons (Fsp3) is 0.0588. The van der Waals surface area contributed by atoms with E-state index in [1.807, 2.05) is 0 Å². The molecule has 0 unspecified atom stereocenters. The molecule has 126 valence electrons. The van der Waals surface area contributed by atoms with Crippen molar-refractivity contribution in [1.82, 2.24) is 0 Å². The third-order valence-corrected chi connectivity index (χ3v) is 3.22. The van der Waals surface area contributed by atoms with Gasteiger partial charge < -0.3 is 15.2 Å². The molecule has 0 bridgehead atoms. The van der Waals surface area contributed by atoms with Crippen LogP contribution in [0.5, 0.6) is 11.5 Å². The van der Waals surface area contributed by atoms with E-state index in [4.69, 9.17) is 4.74 Å². The second kappa shape index (κ2) is 7.61. The molecule has 0 atom stereocenters. The molecule has 0 aliphatic heterocycles. The lowest BCUT2D eigenvalue weighted by molar-refractivity contribution is -0.384. The van der Waals surface area contributed by atoms with Crippen LogP contribution in [0.25, 0.3) is 6.08 Å². The van der Waals surface area contributed by atoms with Gasteiger partial charge in [-0.1, -0.05) is 6.07 Å². The fourth-order valence-electron chi connectivity index (χ4n) is 1.96. The van der Waals surface area contributed by atoms with Crippen molar-refractivity contribution in [2.75, 3.05) is 12.4 Å². The summed E-state index contributed by atoms with van der Waals surface area (Å²) in [4.78, 5) is 22.2. The zero-order valence-electron chi connectivity index (χ0n) is 13.1. The van der Waals surface area contributed by atoms with Gasteiger partial charge in [-0.2, -0.15) is 5.26 Å². The van der Waals surface area contributed by atoms with Gasteiger partial charge in [-0.3, -0.25) is 14.9 Å². The minimum Gasteiger partial charge on any atom is -0.504 e.